The van der Waals surface area contributed by atoms with E-state index in [9.17, 15) is 4.39 Å². The highest BCUT2D eigenvalue weighted by molar-refractivity contribution is 5.91. The Hall–Kier alpha value is -3.38. The van der Waals surface area contributed by atoms with Crippen LogP contribution in [0.4, 0.5) is 10.2 Å². The van der Waals surface area contributed by atoms with Crippen molar-refractivity contribution in [3.63, 3.8) is 0 Å². The third kappa shape index (κ3) is 3.74. The van der Waals surface area contributed by atoms with Gasteiger partial charge in [0.15, 0.2) is 5.82 Å². The van der Waals surface area contributed by atoms with E-state index >= 15 is 0 Å². The van der Waals surface area contributed by atoms with Crippen LogP contribution in [0.2, 0.25) is 0 Å². The zero-order valence-electron chi connectivity index (χ0n) is 16.6. The van der Waals surface area contributed by atoms with Gasteiger partial charge in [-0.2, -0.15) is 0 Å². The van der Waals surface area contributed by atoms with Crippen LogP contribution in [0.3, 0.4) is 0 Å². The minimum absolute atomic E-state index is 0.136. The van der Waals surface area contributed by atoms with E-state index in [-0.39, 0.29) is 5.82 Å². The summed E-state index contributed by atoms with van der Waals surface area (Å²) in [4.78, 5) is 18.5. The van der Waals surface area contributed by atoms with Gasteiger partial charge < -0.3 is 4.90 Å². The fraction of sp³-hybridized carbons (Fsp3) is 0.208. The molecule has 1 aliphatic rings. The van der Waals surface area contributed by atoms with Crippen molar-refractivity contribution >= 4 is 16.7 Å². The Morgan fingerprint density at radius 1 is 0.833 bits per heavy atom. The summed E-state index contributed by atoms with van der Waals surface area (Å²) in [6.45, 7) is 4.01. The molecule has 0 saturated carbocycles. The Morgan fingerprint density at radius 3 is 2.43 bits per heavy atom. The minimum atomic E-state index is -0.136. The van der Waals surface area contributed by atoms with Crippen molar-refractivity contribution in [1.82, 2.24) is 19.9 Å². The molecular weight excluding hydrogens is 377 g/mol. The fourth-order valence-corrected chi connectivity index (χ4v) is 3.91. The number of halogens is 1. The molecule has 0 bridgehead atoms. The molecule has 5 rings (SSSR count). The lowest BCUT2D eigenvalue weighted by Crippen LogP contribution is -2.46. The molecule has 0 spiro atoms. The molecule has 2 aromatic carbocycles. The zero-order valence-corrected chi connectivity index (χ0v) is 16.6. The third-order valence-electron chi connectivity index (χ3n) is 5.53. The van der Waals surface area contributed by atoms with Gasteiger partial charge in [0.1, 0.15) is 11.6 Å². The molecule has 1 aliphatic heterocycles. The van der Waals surface area contributed by atoms with E-state index in [2.05, 4.69) is 20.9 Å². The van der Waals surface area contributed by atoms with Crippen molar-refractivity contribution in [3.05, 3.63) is 84.4 Å². The highest BCUT2D eigenvalue weighted by atomic mass is 19.1. The Kier molecular flexibility index (Phi) is 5.07. The van der Waals surface area contributed by atoms with Gasteiger partial charge in [-0.05, 0) is 30.3 Å². The first kappa shape index (κ1) is 18.6. The molecule has 3 heterocycles. The van der Waals surface area contributed by atoms with Gasteiger partial charge in [-0.15, -0.1) is 0 Å². The fourth-order valence-electron chi connectivity index (χ4n) is 3.91. The lowest BCUT2D eigenvalue weighted by molar-refractivity contribution is 0.246. The van der Waals surface area contributed by atoms with Gasteiger partial charge in [0, 0.05) is 61.6 Å². The molecule has 0 aliphatic carbocycles. The van der Waals surface area contributed by atoms with Crippen LogP contribution >= 0.6 is 0 Å². The van der Waals surface area contributed by atoms with Gasteiger partial charge >= 0.3 is 0 Å². The number of para-hydroxylation sites is 1. The Bertz CT molecular complexity index is 1160. The lowest BCUT2D eigenvalue weighted by Gasteiger charge is -2.36. The van der Waals surface area contributed by atoms with Crippen molar-refractivity contribution in [3.8, 4) is 11.4 Å². The predicted octanol–water partition coefficient (Wildman–Crippen LogP) is 4.15. The van der Waals surface area contributed by atoms with Crippen LogP contribution in [-0.2, 0) is 6.54 Å². The maximum Gasteiger partial charge on any atom is 0.163 e. The number of aromatic nitrogens is 3. The molecule has 1 fully saturated rings. The number of hydrogen-bond acceptors (Lipinski definition) is 5. The van der Waals surface area contributed by atoms with Crippen LogP contribution in [0.5, 0.6) is 0 Å². The molecule has 1 saturated heterocycles. The van der Waals surface area contributed by atoms with E-state index in [4.69, 9.17) is 9.97 Å². The van der Waals surface area contributed by atoms with Gasteiger partial charge in [0.25, 0.3) is 0 Å². The van der Waals surface area contributed by atoms with Gasteiger partial charge in [0.2, 0.25) is 0 Å². The van der Waals surface area contributed by atoms with Crippen LogP contribution < -0.4 is 4.90 Å². The number of piperazine rings is 1. The molecule has 4 aromatic rings. The van der Waals surface area contributed by atoms with Crippen molar-refractivity contribution in [2.75, 3.05) is 31.1 Å². The predicted molar refractivity (Wildman–Crippen MR) is 117 cm³/mol. The second-order valence-corrected chi connectivity index (χ2v) is 7.48. The number of pyridine rings is 1. The summed E-state index contributed by atoms with van der Waals surface area (Å²) >= 11 is 0. The molecule has 0 amide bonds. The topological polar surface area (TPSA) is 45.2 Å². The Morgan fingerprint density at radius 2 is 1.63 bits per heavy atom. The molecule has 0 atom stereocenters. The maximum absolute atomic E-state index is 14.0. The molecule has 2 aromatic heterocycles. The molecule has 5 nitrogen and oxygen atoms in total. The maximum atomic E-state index is 14.0. The molecule has 0 unspecified atom stereocenters. The number of fused-ring (bicyclic) bond motifs is 1. The lowest BCUT2D eigenvalue weighted by atomic mass is 10.1. The summed E-state index contributed by atoms with van der Waals surface area (Å²) in [5.74, 6) is 1.50. The van der Waals surface area contributed by atoms with Crippen molar-refractivity contribution < 1.29 is 4.39 Å². The molecular formula is C24H22FN5. The van der Waals surface area contributed by atoms with E-state index in [1.54, 1.807) is 18.5 Å². The molecule has 0 radical (unpaired) electrons. The normalized spacial score (nSPS) is 14.9. The number of rotatable bonds is 4. The number of benzene rings is 2. The summed E-state index contributed by atoms with van der Waals surface area (Å²) in [6.07, 6.45) is 3.54. The van der Waals surface area contributed by atoms with Gasteiger partial charge in [-0.1, -0.05) is 30.3 Å². The van der Waals surface area contributed by atoms with Crippen molar-refractivity contribution in [1.29, 1.82) is 0 Å². The molecule has 30 heavy (non-hydrogen) atoms. The van der Waals surface area contributed by atoms with Crippen molar-refractivity contribution in [2.24, 2.45) is 0 Å². The van der Waals surface area contributed by atoms with Crippen LogP contribution in [0, 0.1) is 5.82 Å². The van der Waals surface area contributed by atoms with E-state index in [1.165, 1.54) is 6.07 Å². The SMILES string of the molecule is Fc1ccccc1CN1CCN(c2nc(-c3cccnc3)nc3ccccc23)CC1. The second-order valence-electron chi connectivity index (χ2n) is 7.48. The summed E-state index contributed by atoms with van der Waals surface area (Å²) in [7, 11) is 0. The van der Waals surface area contributed by atoms with Crippen LogP contribution in [-0.4, -0.2) is 46.0 Å². The molecule has 0 N–H and O–H groups in total. The first-order valence-corrected chi connectivity index (χ1v) is 10.2. The summed E-state index contributed by atoms with van der Waals surface area (Å²) < 4.78 is 14.0. The Labute approximate surface area is 174 Å². The quantitative estimate of drug-likeness (QED) is 0.516. The van der Waals surface area contributed by atoms with Gasteiger partial charge in [-0.25, -0.2) is 14.4 Å². The highest BCUT2D eigenvalue weighted by Crippen LogP contribution is 2.28. The largest absolute Gasteiger partial charge is 0.353 e. The number of hydrogen-bond donors (Lipinski definition) is 0. The standard InChI is InChI=1S/C24H22FN5/c25-21-9-3-1-6-19(21)17-29-12-14-30(15-13-29)24-20-8-2-4-10-22(20)27-23(28-24)18-7-5-11-26-16-18/h1-11,16H,12-15,17H2. The number of nitrogens with zero attached hydrogens (tertiary/aromatic N) is 5. The second kappa shape index (κ2) is 8.16. The van der Waals surface area contributed by atoms with E-state index < -0.39 is 0 Å². The summed E-state index contributed by atoms with van der Waals surface area (Å²) in [6, 6.07) is 19.0. The van der Waals surface area contributed by atoms with E-state index in [1.807, 2.05) is 42.5 Å². The van der Waals surface area contributed by atoms with Crippen LogP contribution in [0.15, 0.2) is 73.1 Å². The first-order valence-electron chi connectivity index (χ1n) is 10.2. The zero-order chi connectivity index (χ0) is 20.3. The van der Waals surface area contributed by atoms with Gasteiger partial charge in [-0.3, -0.25) is 9.88 Å². The van der Waals surface area contributed by atoms with Gasteiger partial charge in [0.05, 0.1) is 5.52 Å². The van der Waals surface area contributed by atoms with E-state index in [0.29, 0.717) is 12.4 Å². The van der Waals surface area contributed by atoms with Crippen LogP contribution in [0.1, 0.15) is 5.56 Å². The minimum Gasteiger partial charge on any atom is -0.353 e. The van der Waals surface area contributed by atoms with Crippen molar-refractivity contribution in [2.45, 2.75) is 6.54 Å². The summed E-state index contributed by atoms with van der Waals surface area (Å²) in [5, 5.41) is 1.05. The average Bonchev–Trinajstić information content (AvgIpc) is 2.81. The molecule has 6 heteroatoms. The van der Waals surface area contributed by atoms with Crippen LogP contribution in [0.25, 0.3) is 22.3 Å². The smallest absolute Gasteiger partial charge is 0.163 e. The average molecular weight is 399 g/mol. The Balaban J connectivity index is 1.41. The summed E-state index contributed by atoms with van der Waals surface area (Å²) in [5.41, 5.74) is 2.58. The first-order chi connectivity index (χ1) is 14.8. The van der Waals surface area contributed by atoms with E-state index in [0.717, 1.165) is 54.0 Å². The number of anilines is 1. The third-order valence-corrected chi connectivity index (χ3v) is 5.53. The molecule has 150 valence electrons. The monoisotopic (exact) mass is 399 g/mol. The highest BCUT2D eigenvalue weighted by Gasteiger charge is 2.22.